The summed E-state index contributed by atoms with van der Waals surface area (Å²) in [5, 5.41) is 1.57. The van der Waals surface area contributed by atoms with E-state index in [1.165, 1.54) is 0 Å². The molecule has 2 fully saturated rings. The zero-order chi connectivity index (χ0) is 25.9. The maximum Gasteiger partial charge on any atom is 0.233 e. The highest BCUT2D eigenvalue weighted by Gasteiger charge is 2.39. The Morgan fingerprint density at radius 1 is 1.06 bits per heavy atom. The first-order valence-electron chi connectivity index (χ1n) is 12.6. The highest BCUT2D eigenvalue weighted by Crippen LogP contribution is 2.35. The van der Waals surface area contributed by atoms with Crippen molar-refractivity contribution in [3.63, 3.8) is 0 Å². The molecule has 2 amide bonds. The van der Waals surface area contributed by atoms with Gasteiger partial charge in [0, 0.05) is 50.7 Å². The molecule has 5 nitrogen and oxygen atoms in total. The van der Waals surface area contributed by atoms with Gasteiger partial charge in [0.05, 0.1) is 15.5 Å². The molecule has 0 spiro atoms. The highest BCUT2D eigenvalue weighted by atomic mass is 35.5. The number of likely N-dealkylation sites (tertiary alicyclic amines) is 2. The summed E-state index contributed by atoms with van der Waals surface area (Å²) in [5.74, 6) is 0.326. The number of benzene rings is 2. The Kier molecular flexibility index (Phi) is 8.87. The largest absolute Gasteiger partial charge is 0.341 e. The summed E-state index contributed by atoms with van der Waals surface area (Å²) in [5.41, 5.74) is 1.06. The molecule has 194 valence electrons. The molecule has 2 aromatic rings. The first-order valence-corrected chi connectivity index (χ1v) is 13.8. The van der Waals surface area contributed by atoms with Gasteiger partial charge in [-0.3, -0.25) is 9.59 Å². The summed E-state index contributed by atoms with van der Waals surface area (Å²) in [6, 6.07) is 13.4. The third kappa shape index (κ3) is 6.19. The topological polar surface area (TPSA) is 43.9 Å². The standard InChI is InChI=1S/C28H34Cl3N3O2/c1-28(21-8-9-24(30)25(31)18-21,27(36)32(2)19-20-5-3-6-22(29)17-20)12-16-33-14-10-23(11-15-33)34-13-4-7-26(34)35/h3,5-6,8-9,17-18,23H,4,7,10-16,19H2,1-2H3. The Hall–Kier alpha value is -1.79. The highest BCUT2D eigenvalue weighted by molar-refractivity contribution is 6.42. The number of rotatable bonds is 8. The molecular weight excluding hydrogens is 517 g/mol. The molecule has 2 aliphatic rings. The van der Waals surface area contributed by atoms with Gasteiger partial charge in [0.15, 0.2) is 0 Å². The van der Waals surface area contributed by atoms with Crippen molar-refractivity contribution in [2.75, 3.05) is 33.2 Å². The van der Waals surface area contributed by atoms with Crippen LogP contribution in [-0.2, 0) is 21.5 Å². The fourth-order valence-corrected chi connectivity index (χ4v) is 6.02. The van der Waals surface area contributed by atoms with E-state index in [4.69, 9.17) is 34.8 Å². The van der Waals surface area contributed by atoms with Crippen molar-refractivity contribution in [3.05, 3.63) is 68.7 Å². The van der Waals surface area contributed by atoms with Crippen LogP contribution in [0.5, 0.6) is 0 Å². The van der Waals surface area contributed by atoms with Crippen LogP contribution in [0.25, 0.3) is 0 Å². The fourth-order valence-electron chi connectivity index (χ4n) is 5.51. The van der Waals surface area contributed by atoms with Crippen LogP contribution in [0.4, 0.5) is 0 Å². The lowest BCUT2D eigenvalue weighted by Crippen LogP contribution is -2.48. The number of carbonyl (C=O) groups excluding carboxylic acids is 2. The molecule has 36 heavy (non-hydrogen) atoms. The summed E-state index contributed by atoms with van der Waals surface area (Å²) in [6.45, 7) is 6.00. The molecule has 1 unspecified atom stereocenters. The van der Waals surface area contributed by atoms with E-state index >= 15 is 0 Å². The maximum absolute atomic E-state index is 13.9. The lowest BCUT2D eigenvalue weighted by atomic mass is 9.77. The third-order valence-corrected chi connectivity index (χ3v) is 8.69. The first-order chi connectivity index (χ1) is 17.2. The molecule has 2 aromatic carbocycles. The Morgan fingerprint density at radius 2 is 1.81 bits per heavy atom. The second kappa shape index (κ2) is 11.7. The summed E-state index contributed by atoms with van der Waals surface area (Å²) in [4.78, 5) is 32.3. The van der Waals surface area contributed by atoms with Crippen molar-refractivity contribution < 1.29 is 9.59 Å². The van der Waals surface area contributed by atoms with Gasteiger partial charge in [-0.1, -0.05) is 53.0 Å². The van der Waals surface area contributed by atoms with Gasteiger partial charge in [0.25, 0.3) is 0 Å². The van der Waals surface area contributed by atoms with Crippen molar-refractivity contribution in [2.24, 2.45) is 0 Å². The second-order valence-electron chi connectivity index (χ2n) is 10.3. The van der Waals surface area contributed by atoms with Gasteiger partial charge >= 0.3 is 0 Å². The minimum absolute atomic E-state index is 0.0263. The number of piperidine rings is 1. The van der Waals surface area contributed by atoms with E-state index < -0.39 is 5.41 Å². The van der Waals surface area contributed by atoms with Crippen LogP contribution < -0.4 is 0 Å². The van der Waals surface area contributed by atoms with Gasteiger partial charge in [0.2, 0.25) is 11.8 Å². The Labute approximate surface area is 229 Å². The SMILES string of the molecule is CN(Cc1cccc(Cl)c1)C(=O)C(C)(CCN1CCC(N2CCCC2=O)CC1)c1ccc(Cl)c(Cl)c1. The normalized spacial score (nSPS) is 18.9. The minimum atomic E-state index is -0.774. The minimum Gasteiger partial charge on any atom is -0.341 e. The maximum atomic E-state index is 13.9. The van der Waals surface area contributed by atoms with Gasteiger partial charge in [-0.2, -0.15) is 0 Å². The summed E-state index contributed by atoms with van der Waals surface area (Å²) in [7, 11) is 1.83. The van der Waals surface area contributed by atoms with Gasteiger partial charge < -0.3 is 14.7 Å². The number of nitrogens with zero attached hydrogens (tertiary/aromatic N) is 3. The molecule has 0 radical (unpaired) electrons. The lowest BCUT2D eigenvalue weighted by molar-refractivity contribution is -0.136. The van der Waals surface area contributed by atoms with Gasteiger partial charge in [-0.05, 0) is 74.5 Å². The molecule has 1 atom stereocenters. The molecule has 0 N–H and O–H groups in total. The zero-order valence-corrected chi connectivity index (χ0v) is 23.2. The molecule has 0 saturated carbocycles. The molecule has 0 bridgehead atoms. The van der Waals surface area contributed by atoms with Crippen molar-refractivity contribution in [3.8, 4) is 0 Å². The van der Waals surface area contributed by atoms with E-state index in [2.05, 4.69) is 9.80 Å². The van der Waals surface area contributed by atoms with E-state index in [0.717, 1.165) is 56.6 Å². The van der Waals surface area contributed by atoms with Crippen LogP contribution in [-0.4, -0.2) is 65.8 Å². The average molecular weight is 551 g/mol. The second-order valence-corrected chi connectivity index (χ2v) is 11.5. The number of halogens is 3. The molecule has 2 heterocycles. The Morgan fingerprint density at radius 3 is 2.44 bits per heavy atom. The number of carbonyl (C=O) groups is 2. The van der Waals surface area contributed by atoms with Crippen LogP contribution in [0.1, 0.15) is 50.2 Å². The number of hydrogen-bond acceptors (Lipinski definition) is 3. The molecule has 0 aromatic heterocycles. The summed E-state index contributed by atoms with van der Waals surface area (Å²) < 4.78 is 0. The van der Waals surface area contributed by atoms with Gasteiger partial charge in [-0.25, -0.2) is 0 Å². The Balaban J connectivity index is 1.47. The van der Waals surface area contributed by atoms with E-state index in [1.54, 1.807) is 11.0 Å². The van der Waals surface area contributed by atoms with Crippen LogP contribution >= 0.6 is 34.8 Å². The average Bonchev–Trinajstić information content (AvgIpc) is 3.29. The van der Waals surface area contributed by atoms with Crippen molar-refractivity contribution >= 4 is 46.6 Å². The lowest BCUT2D eigenvalue weighted by Gasteiger charge is -2.39. The quantitative estimate of drug-likeness (QED) is 0.402. The number of amides is 2. The third-order valence-electron chi connectivity index (χ3n) is 7.72. The number of hydrogen-bond donors (Lipinski definition) is 0. The van der Waals surface area contributed by atoms with E-state index in [-0.39, 0.29) is 5.91 Å². The van der Waals surface area contributed by atoms with E-state index in [0.29, 0.717) is 46.4 Å². The van der Waals surface area contributed by atoms with E-state index in [9.17, 15) is 9.59 Å². The van der Waals surface area contributed by atoms with Crippen molar-refractivity contribution in [2.45, 2.75) is 57.0 Å². The monoisotopic (exact) mass is 549 g/mol. The first kappa shape index (κ1) is 27.3. The van der Waals surface area contributed by atoms with E-state index in [1.807, 2.05) is 50.4 Å². The molecule has 8 heteroatoms. The summed E-state index contributed by atoms with van der Waals surface area (Å²) in [6.07, 6.45) is 4.28. The van der Waals surface area contributed by atoms with Crippen LogP contribution in [0.15, 0.2) is 42.5 Å². The van der Waals surface area contributed by atoms with Crippen LogP contribution in [0.3, 0.4) is 0 Å². The zero-order valence-electron chi connectivity index (χ0n) is 21.0. The molecule has 2 saturated heterocycles. The molecular formula is C28H34Cl3N3O2. The predicted molar refractivity (Wildman–Crippen MR) is 147 cm³/mol. The van der Waals surface area contributed by atoms with Crippen LogP contribution in [0.2, 0.25) is 15.1 Å². The Bertz CT molecular complexity index is 1100. The molecule has 0 aliphatic carbocycles. The van der Waals surface area contributed by atoms with Crippen molar-refractivity contribution in [1.29, 1.82) is 0 Å². The molecule has 4 rings (SSSR count). The number of likely N-dealkylation sites (N-methyl/N-ethyl adjacent to an activating group) is 1. The predicted octanol–water partition coefficient (Wildman–Crippen LogP) is 6.04. The smallest absolute Gasteiger partial charge is 0.233 e. The van der Waals surface area contributed by atoms with Gasteiger partial charge in [0.1, 0.15) is 0 Å². The fraction of sp³-hybridized carbons (Fsp3) is 0.500. The van der Waals surface area contributed by atoms with Crippen molar-refractivity contribution in [1.82, 2.24) is 14.7 Å². The van der Waals surface area contributed by atoms with Gasteiger partial charge in [-0.15, -0.1) is 0 Å². The van der Waals surface area contributed by atoms with Crippen LogP contribution in [0, 0.1) is 0 Å². The summed E-state index contributed by atoms with van der Waals surface area (Å²) >= 11 is 18.7. The molecule has 2 aliphatic heterocycles.